The van der Waals surface area contributed by atoms with E-state index in [4.69, 9.17) is 5.73 Å². The van der Waals surface area contributed by atoms with Crippen LogP contribution in [0.2, 0.25) is 0 Å². The van der Waals surface area contributed by atoms with Crippen LogP contribution in [0, 0.1) is 6.92 Å². The molecule has 1 aromatic carbocycles. The van der Waals surface area contributed by atoms with Crippen molar-refractivity contribution >= 4 is 22.4 Å². The molecule has 2 atom stereocenters. The Balaban J connectivity index is 3.04. The highest BCUT2D eigenvalue weighted by Crippen LogP contribution is 2.21. The predicted octanol–water partition coefficient (Wildman–Crippen LogP) is 1.16. The van der Waals surface area contributed by atoms with Crippen molar-refractivity contribution in [1.29, 1.82) is 0 Å². The summed E-state index contributed by atoms with van der Waals surface area (Å²) in [5, 5.41) is -0.589. The number of hydrogen-bond acceptors (Lipinski definition) is 3. The van der Waals surface area contributed by atoms with Crippen molar-refractivity contribution in [2.45, 2.75) is 24.0 Å². The smallest absolute Gasteiger partial charge is 0.237 e. The molecule has 17 heavy (non-hydrogen) atoms. The number of nitrogens with zero attached hydrogens (tertiary/aromatic N) is 1. The third-order valence-corrected chi connectivity index (χ3v) is 4.13. The number of amides is 1. The molecule has 0 radical (unpaired) electrons. The number of benzene rings is 1. The SMILES string of the molecule is Cc1ccc(N)c(S(=O)C(C)C(=O)N(C)C)c1. The topological polar surface area (TPSA) is 63.4 Å². The summed E-state index contributed by atoms with van der Waals surface area (Å²) < 4.78 is 12.2. The standard InChI is InChI=1S/C12H18N2O2S/c1-8-5-6-10(13)11(7-8)17(16)9(2)12(15)14(3)4/h5-7,9H,13H2,1-4H3. The van der Waals surface area contributed by atoms with Crippen molar-refractivity contribution in [3.05, 3.63) is 23.8 Å². The molecule has 4 nitrogen and oxygen atoms in total. The third kappa shape index (κ3) is 3.06. The fourth-order valence-corrected chi connectivity index (χ4v) is 2.84. The number of hydrogen-bond donors (Lipinski definition) is 1. The molecule has 94 valence electrons. The summed E-state index contributed by atoms with van der Waals surface area (Å²) in [6, 6.07) is 5.34. The first-order valence-corrected chi connectivity index (χ1v) is 6.53. The molecular formula is C12H18N2O2S. The van der Waals surface area contributed by atoms with Crippen LogP contribution in [-0.2, 0) is 15.6 Å². The highest BCUT2D eigenvalue weighted by molar-refractivity contribution is 7.86. The lowest BCUT2D eigenvalue weighted by Gasteiger charge is -2.17. The zero-order valence-corrected chi connectivity index (χ0v) is 11.4. The van der Waals surface area contributed by atoms with Crippen LogP contribution in [-0.4, -0.2) is 34.4 Å². The second-order valence-electron chi connectivity index (χ2n) is 4.21. The van der Waals surface area contributed by atoms with E-state index in [-0.39, 0.29) is 5.91 Å². The number of anilines is 1. The van der Waals surface area contributed by atoms with E-state index in [2.05, 4.69) is 0 Å². The average molecular weight is 254 g/mol. The van der Waals surface area contributed by atoms with Gasteiger partial charge in [0, 0.05) is 19.8 Å². The maximum absolute atomic E-state index is 12.2. The van der Waals surface area contributed by atoms with Crippen molar-refractivity contribution in [3.8, 4) is 0 Å². The number of rotatable bonds is 3. The fourth-order valence-electron chi connectivity index (χ4n) is 1.46. The maximum Gasteiger partial charge on any atom is 0.237 e. The van der Waals surface area contributed by atoms with Gasteiger partial charge in [-0.25, -0.2) is 0 Å². The molecule has 0 spiro atoms. The van der Waals surface area contributed by atoms with Crippen LogP contribution in [0.25, 0.3) is 0 Å². The molecule has 0 aromatic heterocycles. The lowest BCUT2D eigenvalue weighted by Crippen LogP contribution is -2.34. The van der Waals surface area contributed by atoms with E-state index in [1.165, 1.54) is 4.90 Å². The van der Waals surface area contributed by atoms with Gasteiger partial charge in [-0.15, -0.1) is 0 Å². The van der Waals surface area contributed by atoms with Crippen LogP contribution in [0.5, 0.6) is 0 Å². The molecular weight excluding hydrogens is 236 g/mol. The van der Waals surface area contributed by atoms with E-state index >= 15 is 0 Å². The molecule has 1 aromatic rings. The number of carbonyl (C=O) groups excluding carboxylic acids is 1. The van der Waals surface area contributed by atoms with Crippen molar-refractivity contribution < 1.29 is 9.00 Å². The van der Waals surface area contributed by atoms with Gasteiger partial charge in [0.2, 0.25) is 5.91 Å². The average Bonchev–Trinajstić information content (AvgIpc) is 2.29. The Morgan fingerprint density at radius 1 is 1.41 bits per heavy atom. The minimum atomic E-state index is -1.42. The van der Waals surface area contributed by atoms with E-state index in [1.54, 1.807) is 33.2 Å². The van der Waals surface area contributed by atoms with Gasteiger partial charge in [-0.05, 0) is 31.5 Å². The summed E-state index contributed by atoms with van der Waals surface area (Å²) in [6.07, 6.45) is 0. The quantitative estimate of drug-likeness (QED) is 0.823. The molecule has 1 rings (SSSR count). The van der Waals surface area contributed by atoms with Gasteiger partial charge in [0.05, 0.1) is 15.7 Å². The van der Waals surface area contributed by atoms with Crippen molar-refractivity contribution in [2.75, 3.05) is 19.8 Å². The third-order valence-electron chi connectivity index (χ3n) is 2.50. The molecule has 0 bridgehead atoms. The van der Waals surface area contributed by atoms with E-state index in [0.717, 1.165) is 5.56 Å². The molecule has 2 unspecified atom stereocenters. The summed E-state index contributed by atoms with van der Waals surface area (Å²) in [5.74, 6) is -0.163. The largest absolute Gasteiger partial charge is 0.398 e. The summed E-state index contributed by atoms with van der Waals surface area (Å²) in [4.78, 5) is 13.7. The molecule has 0 fully saturated rings. The van der Waals surface area contributed by atoms with Crippen LogP contribution in [0.3, 0.4) is 0 Å². The van der Waals surface area contributed by atoms with E-state index < -0.39 is 16.0 Å². The molecule has 0 aliphatic heterocycles. The van der Waals surface area contributed by atoms with Crippen molar-refractivity contribution in [2.24, 2.45) is 0 Å². The van der Waals surface area contributed by atoms with Gasteiger partial charge < -0.3 is 10.6 Å². The van der Waals surface area contributed by atoms with Gasteiger partial charge in [-0.1, -0.05) is 6.07 Å². The second kappa shape index (κ2) is 5.31. The Morgan fingerprint density at radius 2 is 2.00 bits per heavy atom. The Bertz CT molecular complexity index is 458. The van der Waals surface area contributed by atoms with Gasteiger partial charge in [-0.3, -0.25) is 9.00 Å². The van der Waals surface area contributed by atoms with E-state index in [1.807, 2.05) is 13.0 Å². The van der Waals surface area contributed by atoms with Gasteiger partial charge in [0.25, 0.3) is 0 Å². The molecule has 2 N–H and O–H groups in total. The summed E-state index contributed by atoms with van der Waals surface area (Å²) in [7, 11) is 1.88. The van der Waals surface area contributed by atoms with E-state index in [9.17, 15) is 9.00 Å². The molecule has 0 aliphatic rings. The highest BCUT2D eigenvalue weighted by Gasteiger charge is 2.24. The predicted molar refractivity (Wildman–Crippen MR) is 70.2 cm³/mol. The Kier molecular flexibility index (Phi) is 4.28. The lowest BCUT2D eigenvalue weighted by atomic mass is 10.2. The van der Waals surface area contributed by atoms with Gasteiger partial charge >= 0.3 is 0 Å². The number of aryl methyl sites for hydroxylation is 1. The van der Waals surface area contributed by atoms with Gasteiger partial charge in [-0.2, -0.15) is 0 Å². The second-order valence-corrected chi connectivity index (χ2v) is 5.96. The number of nitrogens with two attached hydrogens (primary N) is 1. The Labute approximate surface area is 104 Å². The van der Waals surface area contributed by atoms with Crippen LogP contribution in [0.15, 0.2) is 23.1 Å². The first kappa shape index (κ1) is 13.7. The molecule has 0 aliphatic carbocycles. The van der Waals surface area contributed by atoms with Crippen LogP contribution in [0.1, 0.15) is 12.5 Å². The van der Waals surface area contributed by atoms with Crippen LogP contribution < -0.4 is 5.73 Å². The fraction of sp³-hybridized carbons (Fsp3) is 0.417. The molecule has 0 heterocycles. The minimum Gasteiger partial charge on any atom is -0.398 e. The van der Waals surface area contributed by atoms with Crippen molar-refractivity contribution in [3.63, 3.8) is 0 Å². The van der Waals surface area contributed by atoms with Crippen LogP contribution >= 0.6 is 0 Å². The normalized spacial score (nSPS) is 14.1. The Hall–Kier alpha value is -1.36. The molecule has 1 amide bonds. The monoisotopic (exact) mass is 254 g/mol. The highest BCUT2D eigenvalue weighted by atomic mass is 32.2. The maximum atomic E-state index is 12.2. The van der Waals surface area contributed by atoms with E-state index in [0.29, 0.717) is 10.6 Å². The number of carbonyl (C=O) groups is 1. The number of nitrogen functional groups attached to an aromatic ring is 1. The zero-order chi connectivity index (χ0) is 13.2. The molecule has 0 saturated carbocycles. The van der Waals surface area contributed by atoms with Gasteiger partial charge in [0.15, 0.2) is 0 Å². The first-order valence-electron chi connectivity index (χ1n) is 5.32. The zero-order valence-electron chi connectivity index (χ0n) is 10.6. The summed E-state index contributed by atoms with van der Waals surface area (Å²) in [6.45, 7) is 3.55. The summed E-state index contributed by atoms with van der Waals surface area (Å²) in [5.41, 5.74) is 7.23. The molecule has 5 heteroatoms. The minimum absolute atomic E-state index is 0.163. The van der Waals surface area contributed by atoms with Crippen molar-refractivity contribution in [1.82, 2.24) is 4.90 Å². The summed E-state index contributed by atoms with van der Waals surface area (Å²) >= 11 is 0. The molecule has 0 saturated heterocycles. The lowest BCUT2D eigenvalue weighted by molar-refractivity contribution is -0.127. The van der Waals surface area contributed by atoms with Crippen LogP contribution in [0.4, 0.5) is 5.69 Å². The van der Waals surface area contributed by atoms with Gasteiger partial charge in [0.1, 0.15) is 5.25 Å². The Morgan fingerprint density at radius 3 is 2.53 bits per heavy atom. The first-order chi connectivity index (χ1) is 7.84.